The highest BCUT2D eigenvalue weighted by Gasteiger charge is 2.27. The van der Waals surface area contributed by atoms with Crippen LogP contribution in [-0.2, 0) is 0 Å². The van der Waals surface area contributed by atoms with Crippen molar-refractivity contribution in [2.75, 3.05) is 18.2 Å². The molecule has 0 radical (unpaired) electrons. The van der Waals surface area contributed by atoms with Crippen molar-refractivity contribution in [1.82, 2.24) is 0 Å². The zero-order valence-corrected chi connectivity index (χ0v) is 12.6. The molecule has 1 aromatic rings. The minimum atomic E-state index is -0.423. The van der Waals surface area contributed by atoms with Crippen LogP contribution in [0.15, 0.2) is 18.2 Å². The Bertz CT molecular complexity index is 481. The molecule has 0 aromatic heterocycles. The van der Waals surface area contributed by atoms with Gasteiger partial charge in [0, 0.05) is 29.1 Å². The van der Waals surface area contributed by atoms with E-state index in [-0.39, 0.29) is 5.69 Å². The first-order valence-corrected chi connectivity index (χ1v) is 7.91. The summed E-state index contributed by atoms with van der Waals surface area (Å²) in [5.74, 6) is 1.42. The molecular formula is C14H20N2O3S. The first-order chi connectivity index (χ1) is 9.65. The molecule has 5 nitrogen and oxygen atoms in total. The van der Waals surface area contributed by atoms with Gasteiger partial charge in [0.15, 0.2) is 5.75 Å². The Morgan fingerprint density at radius 2 is 2.30 bits per heavy atom. The van der Waals surface area contributed by atoms with Gasteiger partial charge in [-0.3, -0.25) is 10.1 Å². The molecule has 2 rings (SSSR count). The summed E-state index contributed by atoms with van der Waals surface area (Å²) in [5.41, 5.74) is 0.894. The second-order valence-electron chi connectivity index (χ2n) is 4.82. The highest BCUT2D eigenvalue weighted by atomic mass is 32.2. The summed E-state index contributed by atoms with van der Waals surface area (Å²) in [4.78, 5) is 10.5. The van der Waals surface area contributed by atoms with Gasteiger partial charge in [0.25, 0.3) is 0 Å². The SMILES string of the molecule is CCSC1CCCC1Nc1ccc([N+](=O)[O-])c(OC)c1. The van der Waals surface area contributed by atoms with Gasteiger partial charge in [-0.15, -0.1) is 0 Å². The quantitative estimate of drug-likeness (QED) is 0.640. The summed E-state index contributed by atoms with van der Waals surface area (Å²) < 4.78 is 5.10. The Morgan fingerprint density at radius 1 is 1.50 bits per heavy atom. The highest BCUT2D eigenvalue weighted by molar-refractivity contribution is 7.99. The molecule has 0 saturated heterocycles. The maximum absolute atomic E-state index is 10.9. The Labute approximate surface area is 123 Å². The van der Waals surface area contributed by atoms with Crippen molar-refractivity contribution in [2.24, 2.45) is 0 Å². The minimum Gasteiger partial charge on any atom is -0.490 e. The molecule has 20 heavy (non-hydrogen) atoms. The third kappa shape index (κ3) is 3.36. The molecule has 1 fully saturated rings. The van der Waals surface area contributed by atoms with E-state index >= 15 is 0 Å². The molecule has 0 spiro atoms. The molecule has 0 bridgehead atoms. The molecule has 1 N–H and O–H groups in total. The zero-order chi connectivity index (χ0) is 14.5. The van der Waals surface area contributed by atoms with Crippen molar-refractivity contribution in [3.8, 4) is 5.75 Å². The maximum atomic E-state index is 10.9. The van der Waals surface area contributed by atoms with E-state index in [9.17, 15) is 10.1 Å². The molecule has 0 amide bonds. The van der Waals surface area contributed by atoms with Crippen LogP contribution in [0.4, 0.5) is 11.4 Å². The van der Waals surface area contributed by atoms with Crippen molar-refractivity contribution in [2.45, 2.75) is 37.5 Å². The topological polar surface area (TPSA) is 64.4 Å². The Hall–Kier alpha value is -1.43. The van der Waals surface area contributed by atoms with Crippen molar-refractivity contribution in [1.29, 1.82) is 0 Å². The Balaban J connectivity index is 2.11. The number of nitro groups is 1. The average Bonchev–Trinajstić information content (AvgIpc) is 2.86. The Kier molecular flexibility index (Phi) is 5.11. The number of ether oxygens (including phenoxy) is 1. The number of anilines is 1. The lowest BCUT2D eigenvalue weighted by molar-refractivity contribution is -0.385. The van der Waals surface area contributed by atoms with Gasteiger partial charge in [0.1, 0.15) is 0 Å². The lowest BCUT2D eigenvalue weighted by Crippen LogP contribution is -2.26. The van der Waals surface area contributed by atoms with Crippen molar-refractivity contribution >= 4 is 23.1 Å². The van der Waals surface area contributed by atoms with Gasteiger partial charge in [-0.1, -0.05) is 13.3 Å². The van der Waals surface area contributed by atoms with Gasteiger partial charge in [-0.2, -0.15) is 11.8 Å². The lowest BCUT2D eigenvalue weighted by atomic mass is 10.2. The predicted molar refractivity (Wildman–Crippen MR) is 82.8 cm³/mol. The van der Waals surface area contributed by atoms with Gasteiger partial charge in [-0.25, -0.2) is 0 Å². The number of nitro benzene ring substituents is 1. The third-order valence-electron chi connectivity index (χ3n) is 3.56. The van der Waals surface area contributed by atoms with Gasteiger partial charge in [0.2, 0.25) is 0 Å². The van der Waals surface area contributed by atoms with Crippen LogP contribution in [-0.4, -0.2) is 29.1 Å². The van der Waals surface area contributed by atoms with Gasteiger partial charge < -0.3 is 10.1 Å². The molecule has 1 aliphatic rings. The molecule has 2 atom stereocenters. The summed E-state index contributed by atoms with van der Waals surface area (Å²) in [6, 6.07) is 5.40. The second kappa shape index (κ2) is 6.83. The number of thioether (sulfide) groups is 1. The molecule has 0 heterocycles. The summed E-state index contributed by atoms with van der Waals surface area (Å²) in [6.45, 7) is 2.18. The molecule has 2 unspecified atom stereocenters. The molecule has 0 aliphatic heterocycles. The summed E-state index contributed by atoms with van der Waals surface area (Å²) >= 11 is 1.98. The number of hydrogen-bond acceptors (Lipinski definition) is 5. The normalized spacial score (nSPS) is 21.7. The maximum Gasteiger partial charge on any atom is 0.311 e. The van der Waals surface area contributed by atoms with Gasteiger partial charge >= 0.3 is 5.69 Å². The predicted octanol–water partition coefficient (Wildman–Crippen LogP) is 3.69. The summed E-state index contributed by atoms with van der Waals surface area (Å²) in [5, 5.41) is 15.0. The summed E-state index contributed by atoms with van der Waals surface area (Å²) in [6.07, 6.45) is 3.62. The largest absolute Gasteiger partial charge is 0.490 e. The first kappa shape index (κ1) is 15.0. The smallest absolute Gasteiger partial charge is 0.311 e. The molecule has 1 aromatic carbocycles. The van der Waals surface area contributed by atoms with E-state index in [1.807, 2.05) is 11.8 Å². The second-order valence-corrected chi connectivity index (χ2v) is 6.34. The fourth-order valence-electron chi connectivity index (χ4n) is 2.64. The molecule has 1 saturated carbocycles. The number of rotatable bonds is 6. The van der Waals surface area contributed by atoms with E-state index in [1.165, 1.54) is 26.0 Å². The van der Waals surface area contributed by atoms with Crippen molar-refractivity contribution in [3.63, 3.8) is 0 Å². The fourth-order valence-corrected chi connectivity index (χ4v) is 3.83. The summed E-state index contributed by atoms with van der Waals surface area (Å²) in [7, 11) is 1.46. The molecule has 6 heteroatoms. The minimum absolute atomic E-state index is 0.00366. The van der Waals surface area contributed by atoms with E-state index in [2.05, 4.69) is 12.2 Å². The number of nitrogens with zero attached hydrogens (tertiary/aromatic N) is 1. The first-order valence-electron chi connectivity index (χ1n) is 6.86. The number of benzene rings is 1. The van der Waals surface area contributed by atoms with Gasteiger partial charge in [-0.05, 0) is 24.7 Å². The van der Waals surface area contributed by atoms with Crippen LogP contribution in [0.1, 0.15) is 26.2 Å². The molecule has 110 valence electrons. The van der Waals surface area contributed by atoms with Crippen LogP contribution in [0.25, 0.3) is 0 Å². The van der Waals surface area contributed by atoms with Crippen LogP contribution >= 0.6 is 11.8 Å². The fraction of sp³-hybridized carbons (Fsp3) is 0.571. The van der Waals surface area contributed by atoms with E-state index in [0.717, 1.165) is 17.9 Å². The number of methoxy groups -OCH3 is 1. The number of hydrogen-bond donors (Lipinski definition) is 1. The third-order valence-corrected chi connectivity index (χ3v) is 4.89. The van der Waals surface area contributed by atoms with Crippen LogP contribution in [0.5, 0.6) is 5.75 Å². The lowest BCUT2D eigenvalue weighted by Gasteiger charge is -2.21. The monoisotopic (exact) mass is 296 g/mol. The Morgan fingerprint density at radius 3 is 2.95 bits per heavy atom. The van der Waals surface area contributed by atoms with E-state index in [0.29, 0.717) is 17.0 Å². The average molecular weight is 296 g/mol. The van der Waals surface area contributed by atoms with Crippen LogP contribution < -0.4 is 10.1 Å². The van der Waals surface area contributed by atoms with E-state index in [1.54, 1.807) is 12.1 Å². The molecule has 1 aliphatic carbocycles. The van der Waals surface area contributed by atoms with Crippen molar-refractivity contribution < 1.29 is 9.66 Å². The van der Waals surface area contributed by atoms with Crippen molar-refractivity contribution in [3.05, 3.63) is 28.3 Å². The van der Waals surface area contributed by atoms with E-state index in [4.69, 9.17) is 4.74 Å². The highest BCUT2D eigenvalue weighted by Crippen LogP contribution is 2.34. The number of nitrogens with one attached hydrogen (secondary N) is 1. The van der Waals surface area contributed by atoms with Crippen LogP contribution in [0.3, 0.4) is 0 Å². The van der Waals surface area contributed by atoms with Gasteiger partial charge in [0.05, 0.1) is 12.0 Å². The molecular weight excluding hydrogens is 276 g/mol. The van der Waals surface area contributed by atoms with Crippen LogP contribution in [0, 0.1) is 10.1 Å². The van der Waals surface area contributed by atoms with E-state index < -0.39 is 4.92 Å². The van der Waals surface area contributed by atoms with Crippen LogP contribution in [0.2, 0.25) is 0 Å². The zero-order valence-electron chi connectivity index (χ0n) is 11.8. The standard InChI is InChI=1S/C14H20N2O3S/c1-3-20-14-6-4-5-11(14)15-10-7-8-12(16(17)18)13(9-10)19-2/h7-9,11,14-15H,3-6H2,1-2H3.